The average molecular weight is 484 g/mol. The van der Waals surface area contributed by atoms with Crippen molar-refractivity contribution in [3.63, 3.8) is 0 Å². The lowest BCUT2D eigenvalue weighted by molar-refractivity contribution is -0.153. The van der Waals surface area contributed by atoms with E-state index in [0.717, 1.165) is 11.8 Å². The summed E-state index contributed by atoms with van der Waals surface area (Å²) in [6.07, 6.45) is -4.67. The summed E-state index contributed by atoms with van der Waals surface area (Å²) in [5, 5.41) is 0.583. The normalized spacial score (nSPS) is 12.2. The smallest absolute Gasteiger partial charge is 0.422 e. The van der Waals surface area contributed by atoms with Crippen LogP contribution in [0.15, 0.2) is 51.8 Å². The molecule has 33 heavy (non-hydrogen) atoms. The fourth-order valence-electron chi connectivity index (χ4n) is 3.01. The van der Waals surface area contributed by atoms with Gasteiger partial charge in [-0.2, -0.15) is 13.2 Å². The van der Waals surface area contributed by atoms with Crippen LogP contribution in [0.2, 0.25) is 0 Å². The van der Waals surface area contributed by atoms with Crippen LogP contribution in [-0.4, -0.2) is 41.2 Å². The summed E-state index contributed by atoms with van der Waals surface area (Å²) in [4.78, 5) is 13.9. The molecule has 2 aromatic carbocycles. The number of alkyl halides is 3. The molecule has 1 aromatic heterocycles. The van der Waals surface area contributed by atoms with Gasteiger partial charge in [0, 0.05) is 31.2 Å². The molecule has 0 aliphatic heterocycles. The third kappa shape index (κ3) is 5.78. The summed E-state index contributed by atoms with van der Waals surface area (Å²) in [6, 6.07) is 10.4. The van der Waals surface area contributed by atoms with E-state index in [1.165, 1.54) is 18.2 Å². The van der Waals surface area contributed by atoms with Crippen LogP contribution in [0.3, 0.4) is 0 Å². The second-order valence-corrected chi connectivity index (χ2v) is 9.58. The number of furan rings is 1. The first-order chi connectivity index (χ1) is 15.3. The van der Waals surface area contributed by atoms with Gasteiger partial charge in [0.2, 0.25) is 0 Å². The minimum Gasteiger partial charge on any atom is -0.483 e. The van der Waals surface area contributed by atoms with Gasteiger partial charge in [0.1, 0.15) is 16.2 Å². The first kappa shape index (κ1) is 24.4. The van der Waals surface area contributed by atoms with Crippen molar-refractivity contribution in [2.75, 3.05) is 25.6 Å². The number of ether oxygens (including phenoxy) is 1. The van der Waals surface area contributed by atoms with E-state index in [-0.39, 0.29) is 11.7 Å². The number of amides is 1. The van der Waals surface area contributed by atoms with Crippen LogP contribution in [0.25, 0.3) is 11.0 Å². The quantitative estimate of drug-likeness (QED) is 0.524. The number of anilines is 1. The fourth-order valence-corrected chi connectivity index (χ4v) is 4.15. The molecule has 0 atom stereocenters. The van der Waals surface area contributed by atoms with Crippen LogP contribution >= 0.6 is 0 Å². The Morgan fingerprint density at radius 2 is 1.82 bits per heavy atom. The molecule has 1 heterocycles. The lowest BCUT2D eigenvalue weighted by atomic mass is 10.0. The number of hydrogen-bond acceptors (Lipinski definition) is 6. The van der Waals surface area contributed by atoms with E-state index in [1.54, 1.807) is 32.0 Å². The Morgan fingerprint density at radius 1 is 1.12 bits per heavy atom. The Morgan fingerprint density at radius 3 is 2.42 bits per heavy atom. The maximum Gasteiger partial charge on any atom is 0.422 e. The minimum absolute atomic E-state index is 0.118. The Hall–Kier alpha value is -3.21. The van der Waals surface area contributed by atoms with Gasteiger partial charge in [0.25, 0.3) is 10.0 Å². The highest BCUT2D eigenvalue weighted by molar-refractivity contribution is 7.90. The summed E-state index contributed by atoms with van der Waals surface area (Å²) >= 11 is 0. The number of sulfonamides is 1. The molecule has 0 aliphatic rings. The molecular weight excluding hydrogens is 461 g/mol. The summed E-state index contributed by atoms with van der Waals surface area (Å²) < 4.78 is 75.9. The van der Waals surface area contributed by atoms with Gasteiger partial charge < -0.3 is 14.1 Å². The zero-order valence-electron chi connectivity index (χ0n) is 18.4. The Kier molecular flexibility index (Phi) is 6.64. The molecule has 0 spiro atoms. The van der Waals surface area contributed by atoms with E-state index in [9.17, 15) is 26.4 Å². The van der Waals surface area contributed by atoms with E-state index in [2.05, 4.69) is 0 Å². The average Bonchev–Trinajstić information content (AvgIpc) is 3.14. The zero-order valence-corrected chi connectivity index (χ0v) is 19.2. The topological polar surface area (TPSA) is 88.8 Å². The summed E-state index contributed by atoms with van der Waals surface area (Å²) in [6.45, 7) is 1.90. The van der Waals surface area contributed by atoms with Crippen molar-refractivity contribution in [2.24, 2.45) is 0 Å². The molecule has 0 aliphatic carbocycles. The van der Waals surface area contributed by atoms with Crippen LogP contribution < -0.4 is 14.4 Å². The molecule has 1 amide bonds. The maximum atomic E-state index is 13.0. The molecule has 0 fully saturated rings. The van der Waals surface area contributed by atoms with E-state index in [4.69, 9.17) is 9.15 Å². The van der Waals surface area contributed by atoms with Crippen LogP contribution in [0.5, 0.6) is 5.75 Å². The number of nitrogens with zero attached hydrogens (tertiary/aromatic N) is 1. The van der Waals surface area contributed by atoms with E-state index < -0.39 is 39.4 Å². The molecule has 0 saturated carbocycles. The van der Waals surface area contributed by atoms with Gasteiger partial charge in [0.05, 0.1) is 0 Å². The number of fused-ring (bicyclic) bond motifs is 1. The molecule has 0 radical (unpaired) electrons. The van der Waals surface area contributed by atoms with Crippen molar-refractivity contribution >= 4 is 32.6 Å². The number of carbonyl (C=O) groups excluding carboxylic acids is 1. The number of carbonyl (C=O) groups is 1. The van der Waals surface area contributed by atoms with Crippen molar-refractivity contribution in [1.29, 1.82) is 0 Å². The SMILES string of the molecule is CC(C)c1ccc(OCC(F)(F)F)c(S(=O)(=O)NC(=O)c2cc3ccc(N(C)C)cc3o2)c1. The van der Waals surface area contributed by atoms with Crippen LogP contribution in [-0.2, 0) is 10.0 Å². The van der Waals surface area contributed by atoms with Crippen LogP contribution in [0.4, 0.5) is 18.9 Å². The number of benzene rings is 2. The van der Waals surface area contributed by atoms with Gasteiger partial charge in [-0.3, -0.25) is 4.79 Å². The maximum absolute atomic E-state index is 13.0. The van der Waals surface area contributed by atoms with E-state index >= 15 is 0 Å². The highest BCUT2D eigenvalue weighted by atomic mass is 32.2. The van der Waals surface area contributed by atoms with Crippen molar-refractivity contribution in [1.82, 2.24) is 4.72 Å². The summed E-state index contributed by atoms with van der Waals surface area (Å²) in [7, 11) is -0.926. The predicted octanol–water partition coefficient (Wildman–Crippen LogP) is 4.68. The number of rotatable bonds is 7. The van der Waals surface area contributed by atoms with Crippen molar-refractivity contribution < 1.29 is 35.5 Å². The number of nitrogens with one attached hydrogen (secondary N) is 1. The van der Waals surface area contributed by atoms with Gasteiger partial charge in [-0.25, -0.2) is 13.1 Å². The molecule has 0 bridgehead atoms. The molecule has 3 aromatic rings. The molecule has 3 rings (SSSR count). The minimum atomic E-state index is -4.67. The highest BCUT2D eigenvalue weighted by Crippen LogP contribution is 2.30. The summed E-state index contributed by atoms with van der Waals surface area (Å²) in [5.74, 6) is -1.96. The van der Waals surface area contributed by atoms with Crippen molar-refractivity contribution in [3.8, 4) is 5.75 Å². The monoisotopic (exact) mass is 484 g/mol. The lowest BCUT2D eigenvalue weighted by Crippen LogP contribution is -2.31. The second-order valence-electron chi connectivity index (χ2n) is 7.93. The second kappa shape index (κ2) is 8.97. The Labute approximate surface area is 189 Å². The van der Waals surface area contributed by atoms with Gasteiger partial charge in [-0.05, 0) is 41.8 Å². The molecular formula is C22H23F3N2O5S. The molecule has 0 unspecified atom stereocenters. The number of hydrogen-bond donors (Lipinski definition) is 1. The van der Waals surface area contributed by atoms with Gasteiger partial charge >= 0.3 is 12.1 Å². The fraction of sp³-hybridized carbons (Fsp3) is 0.318. The third-order valence-electron chi connectivity index (χ3n) is 4.79. The van der Waals surface area contributed by atoms with Crippen LogP contribution in [0, 0.1) is 0 Å². The molecule has 0 saturated heterocycles. The molecule has 7 nitrogen and oxygen atoms in total. The van der Waals surface area contributed by atoms with E-state index in [0.29, 0.717) is 16.5 Å². The zero-order chi connectivity index (χ0) is 24.6. The van der Waals surface area contributed by atoms with E-state index in [1.807, 2.05) is 23.7 Å². The van der Waals surface area contributed by atoms with Crippen LogP contribution in [0.1, 0.15) is 35.9 Å². The molecule has 1 N–H and O–H groups in total. The highest BCUT2D eigenvalue weighted by Gasteiger charge is 2.31. The summed E-state index contributed by atoms with van der Waals surface area (Å²) in [5.41, 5.74) is 1.73. The third-order valence-corrected chi connectivity index (χ3v) is 6.14. The Balaban J connectivity index is 1.93. The van der Waals surface area contributed by atoms with Gasteiger partial charge in [0.15, 0.2) is 12.4 Å². The Bertz CT molecular complexity index is 1280. The van der Waals surface area contributed by atoms with Crippen molar-refractivity contribution in [2.45, 2.75) is 30.8 Å². The van der Waals surface area contributed by atoms with Gasteiger partial charge in [-0.1, -0.05) is 19.9 Å². The van der Waals surface area contributed by atoms with Crippen molar-refractivity contribution in [3.05, 3.63) is 53.8 Å². The molecule has 178 valence electrons. The predicted molar refractivity (Wildman–Crippen MR) is 117 cm³/mol. The van der Waals surface area contributed by atoms with Gasteiger partial charge in [-0.15, -0.1) is 0 Å². The molecule has 11 heteroatoms. The largest absolute Gasteiger partial charge is 0.483 e. The number of halogens is 3. The first-order valence-electron chi connectivity index (χ1n) is 9.88. The standard InChI is InChI=1S/C22H23F3N2O5S/c1-13(2)14-6-8-17(31-12-22(23,24)25)20(10-14)33(29,30)26-21(28)19-9-15-5-7-16(27(3)4)11-18(15)32-19/h5-11,13H,12H2,1-4H3,(H,26,28). The lowest BCUT2D eigenvalue weighted by Gasteiger charge is -2.16. The first-order valence-corrected chi connectivity index (χ1v) is 11.4.